The van der Waals surface area contributed by atoms with E-state index >= 15 is 0 Å². The minimum atomic E-state index is -3.98. The summed E-state index contributed by atoms with van der Waals surface area (Å²) in [5, 5.41) is 5.14. The number of nitrogens with zero attached hydrogens (tertiary/aromatic N) is 1. The summed E-state index contributed by atoms with van der Waals surface area (Å²) in [6.45, 7) is 1.79. The van der Waals surface area contributed by atoms with Crippen LogP contribution >= 0.6 is 0 Å². The third kappa shape index (κ3) is 5.11. The van der Waals surface area contributed by atoms with Crippen molar-refractivity contribution in [3.8, 4) is 0 Å². The predicted octanol–water partition coefficient (Wildman–Crippen LogP) is 1.92. The average Bonchev–Trinajstić information content (AvgIpc) is 2.66. The number of rotatable bonds is 6. The number of hydrogen-bond donors (Lipinski definition) is 1. The molecule has 3 rings (SSSR count). The molecule has 1 heterocycles. The molecule has 0 amide bonds. The molecule has 0 aromatic heterocycles. The first-order valence-corrected chi connectivity index (χ1v) is 12.4. The lowest BCUT2D eigenvalue weighted by molar-refractivity contribution is 0.0251. The van der Waals surface area contributed by atoms with E-state index in [2.05, 4.69) is 0 Å². The molecule has 1 fully saturated rings. The lowest BCUT2D eigenvalue weighted by Gasteiger charge is -2.34. The van der Waals surface area contributed by atoms with Gasteiger partial charge in [-0.25, -0.2) is 22.0 Å². The van der Waals surface area contributed by atoms with Crippen LogP contribution in [0.1, 0.15) is 18.4 Å². The minimum absolute atomic E-state index is 0.0253. The van der Waals surface area contributed by atoms with Crippen molar-refractivity contribution in [2.75, 3.05) is 24.2 Å². The molecule has 0 aliphatic carbocycles. The molecule has 0 spiro atoms. The van der Waals surface area contributed by atoms with E-state index in [0.29, 0.717) is 25.4 Å². The molecule has 1 saturated heterocycles. The Morgan fingerprint density at radius 3 is 2.25 bits per heavy atom. The van der Waals surface area contributed by atoms with Gasteiger partial charge in [0.25, 0.3) is 0 Å². The van der Waals surface area contributed by atoms with Gasteiger partial charge in [-0.3, -0.25) is 0 Å². The molecule has 9 heteroatoms. The van der Waals surface area contributed by atoms with Crippen molar-refractivity contribution in [3.05, 3.63) is 54.1 Å². The van der Waals surface area contributed by atoms with Crippen molar-refractivity contribution < 1.29 is 21.6 Å². The zero-order valence-corrected chi connectivity index (χ0v) is 17.2. The van der Waals surface area contributed by atoms with Crippen LogP contribution in [0.5, 0.6) is 0 Å². The van der Waals surface area contributed by atoms with E-state index in [1.165, 1.54) is 12.1 Å². The summed E-state index contributed by atoms with van der Waals surface area (Å²) in [7, 11) is -7.60. The third-order valence-corrected chi connectivity index (χ3v) is 6.81. The van der Waals surface area contributed by atoms with Crippen LogP contribution in [0.25, 0.3) is 0 Å². The number of hydrogen-bond acceptors (Lipinski definition) is 6. The molecule has 2 aromatic rings. The molecule has 0 radical (unpaired) electrons. The number of ether oxygens (including phenoxy) is 1. The van der Waals surface area contributed by atoms with Crippen LogP contribution in [0.3, 0.4) is 0 Å². The van der Waals surface area contributed by atoms with Crippen molar-refractivity contribution in [1.82, 2.24) is 0 Å². The maximum Gasteiger partial charge on any atom is 0.238 e. The Balaban J connectivity index is 1.71. The number of primary sulfonamides is 1. The zero-order valence-electron chi connectivity index (χ0n) is 15.6. The molecular weight excluding hydrogens is 400 g/mol. The fraction of sp³-hybridized carbons (Fsp3) is 0.368. The molecule has 0 unspecified atom stereocenters. The molecule has 2 aromatic carbocycles. The highest BCUT2D eigenvalue weighted by Gasteiger charge is 2.25. The zero-order chi connectivity index (χ0) is 20.4. The summed E-state index contributed by atoms with van der Waals surface area (Å²) in [5.74, 6) is 0. The quantitative estimate of drug-likeness (QED) is 0.759. The number of sulfonamides is 1. The molecule has 152 valence electrons. The van der Waals surface area contributed by atoms with Gasteiger partial charge in [-0.2, -0.15) is 0 Å². The van der Waals surface area contributed by atoms with E-state index in [-0.39, 0.29) is 15.9 Å². The highest BCUT2D eigenvalue weighted by molar-refractivity contribution is 7.91. The van der Waals surface area contributed by atoms with Crippen LogP contribution in [0.15, 0.2) is 58.3 Å². The fourth-order valence-electron chi connectivity index (χ4n) is 3.28. The number of nitrogens with two attached hydrogens (primary N) is 1. The standard InChI is InChI=1S/C19H24N2O5S2/c1-27(22,23)19-13-17(28(20,24)25)7-8-18(19)21-11-9-16(10-12-21)26-14-15-5-3-2-4-6-15/h2-8,13,16H,9-12,14H2,1H3,(H2,20,24,25). The topological polar surface area (TPSA) is 107 Å². The summed E-state index contributed by atoms with van der Waals surface area (Å²) < 4.78 is 53.6. The summed E-state index contributed by atoms with van der Waals surface area (Å²) in [4.78, 5) is 1.71. The Morgan fingerprint density at radius 1 is 1.04 bits per heavy atom. The van der Waals surface area contributed by atoms with Gasteiger partial charge in [0.15, 0.2) is 9.84 Å². The molecule has 7 nitrogen and oxygen atoms in total. The molecule has 1 aliphatic rings. The molecular formula is C19H24N2O5S2. The second kappa shape index (κ2) is 8.20. The van der Waals surface area contributed by atoms with Crippen LogP contribution in [0, 0.1) is 0 Å². The summed E-state index contributed by atoms with van der Waals surface area (Å²) in [5.41, 5.74) is 1.61. The van der Waals surface area contributed by atoms with E-state index in [4.69, 9.17) is 9.88 Å². The van der Waals surface area contributed by atoms with Gasteiger partial charge in [0, 0.05) is 19.3 Å². The van der Waals surface area contributed by atoms with Gasteiger partial charge < -0.3 is 9.64 Å². The molecule has 1 aliphatic heterocycles. The van der Waals surface area contributed by atoms with E-state index < -0.39 is 19.9 Å². The Bertz CT molecular complexity index is 1030. The summed E-state index contributed by atoms with van der Waals surface area (Å²) >= 11 is 0. The van der Waals surface area contributed by atoms with Crippen LogP contribution in [0.4, 0.5) is 5.69 Å². The molecule has 2 N–H and O–H groups in total. The highest BCUT2D eigenvalue weighted by atomic mass is 32.2. The van der Waals surface area contributed by atoms with Crippen LogP contribution in [0.2, 0.25) is 0 Å². The van der Waals surface area contributed by atoms with Gasteiger partial charge >= 0.3 is 0 Å². The fourth-order valence-corrected chi connectivity index (χ4v) is 4.81. The van der Waals surface area contributed by atoms with Gasteiger partial charge in [-0.15, -0.1) is 0 Å². The number of sulfone groups is 1. The van der Waals surface area contributed by atoms with E-state index in [9.17, 15) is 16.8 Å². The van der Waals surface area contributed by atoms with E-state index in [1.807, 2.05) is 35.2 Å². The second-order valence-corrected chi connectivity index (χ2v) is 10.5. The van der Waals surface area contributed by atoms with E-state index in [0.717, 1.165) is 30.7 Å². The second-order valence-electron chi connectivity index (χ2n) is 6.93. The average molecular weight is 425 g/mol. The van der Waals surface area contributed by atoms with Crippen molar-refractivity contribution in [3.63, 3.8) is 0 Å². The first-order valence-electron chi connectivity index (χ1n) is 8.92. The van der Waals surface area contributed by atoms with Gasteiger partial charge in [0.05, 0.1) is 28.2 Å². The minimum Gasteiger partial charge on any atom is -0.373 e. The van der Waals surface area contributed by atoms with Crippen molar-refractivity contribution in [2.24, 2.45) is 5.14 Å². The predicted molar refractivity (Wildman–Crippen MR) is 107 cm³/mol. The van der Waals surface area contributed by atoms with Crippen LogP contribution in [-0.2, 0) is 31.2 Å². The van der Waals surface area contributed by atoms with Gasteiger partial charge in [0.1, 0.15) is 0 Å². The van der Waals surface area contributed by atoms with Gasteiger partial charge in [-0.05, 0) is 36.6 Å². The number of benzene rings is 2. The van der Waals surface area contributed by atoms with Crippen molar-refractivity contribution >= 4 is 25.5 Å². The third-order valence-electron chi connectivity index (χ3n) is 4.77. The van der Waals surface area contributed by atoms with Gasteiger partial charge in [-0.1, -0.05) is 30.3 Å². The number of piperidine rings is 1. The Hall–Kier alpha value is -1.94. The molecule has 0 atom stereocenters. The van der Waals surface area contributed by atoms with E-state index in [1.54, 1.807) is 0 Å². The summed E-state index contributed by atoms with van der Waals surface area (Å²) in [6.07, 6.45) is 2.68. The number of anilines is 1. The molecule has 28 heavy (non-hydrogen) atoms. The normalized spacial score (nSPS) is 16.3. The lowest BCUT2D eigenvalue weighted by atomic mass is 10.1. The Labute approximate surface area is 166 Å². The van der Waals surface area contributed by atoms with Crippen LogP contribution < -0.4 is 10.0 Å². The van der Waals surface area contributed by atoms with Crippen molar-refractivity contribution in [2.45, 2.75) is 35.3 Å². The summed E-state index contributed by atoms with van der Waals surface area (Å²) in [6, 6.07) is 13.9. The lowest BCUT2D eigenvalue weighted by Crippen LogP contribution is -2.37. The molecule has 0 saturated carbocycles. The van der Waals surface area contributed by atoms with Gasteiger partial charge in [0.2, 0.25) is 10.0 Å². The van der Waals surface area contributed by atoms with Crippen molar-refractivity contribution in [1.29, 1.82) is 0 Å². The molecule has 0 bridgehead atoms. The maximum atomic E-state index is 12.2. The first kappa shape index (κ1) is 20.8. The largest absolute Gasteiger partial charge is 0.373 e. The highest BCUT2D eigenvalue weighted by Crippen LogP contribution is 2.30. The smallest absolute Gasteiger partial charge is 0.238 e. The SMILES string of the molecule is CS(=O)(=O)c1cc(S(N)(=O)=O)ccc1N1CCC(OCc2ccccc2)CC1. The maximum absolute atomic E-state index is 12.2. The monoisotopic (exact) mass is 424 g/mol. The Morgan fingerprint density at radius 2 is 1.68 bits per heavy atom. The Kier molecular flexibility index (Phi) is 6.09. The first-order chi connectivity index (χ1) is 13.1. The van der Waals surface area contributed by atoms with Crippen LogP contribution in [-0.4, -0.2) is 42.3 Å².